The normalized spacial score (nSPS) is 10.5. The Balaban J connectivity index is 2.53. The Hall–Kier alpha value is -1.20. The average Bonchev–Trinajstić information content (AvgIpc) is 2.64. The highest BCUT2D eigenvalue weighted by Gasteiger charge is 2.12. The van der Waals surface area contributed by atoms with Gasteiger partial charge in [0, 0.05) is 18.5 Å². The minimum atomic E-state index is -0.207. The topological polar surface area (TPSA) is 42.4 Å². The summed E-state index contributed by atoms with van der Waals surface area (Å²) in [4.78, 5) is 17.7. The summed E-state index contributed by atoms with van der Waals surface area (Å²) in [5, 5.41) is 3.05. The van der Waals surface area contributed by atoms with E-state index in [0.29, 0.717) is 19.7 Å². The summed E-state index contributed by atoms with van der Waals surface area (Å²) in [6.07, 6.45) is 1.78. The standard InChI is InChI=1S/C12H18N2O2S/c1-4-6-14(8-12(15)16-5-2)7-11-9-17-10(3)13-11/h4,9H,1,5-8H2,2-3H3. The van der Waals surface area contributed by atoms with Crippen LogP contribution in [0, 0.1) is 6.92 Å². The van der Waals surface area contributed by atoms with Crippen LogP contribution >= 0.6 is 11.3 Å². The molecule has 1 heterocycles. The number of aromatic nitrogens is 1. The van der Waals surface area contributed by atoms with Crippen LogP contribution in [0.4, 0.5) is 0 Å². The van der Waals surface area contributed by atoms with E-state index < -0.39 is 0 Å². The number of hydrogen-bond acceptors (Lipinski definition) is 5. The maximum Gasteiger partial charge on any atom is 0.320 e. The summed E-state index contributed by atoms with van der Waals surface area (Å²) in [5.74, 6) is -0.207. The molecule has 0 saturated carbocycles. The van der Waals surface area contributed by atoms with Gasteiger partial charge in [-0.2, -0.15) is 0 Å². The van der Waals surface area contributed by atoms with Gasteiger partial charge < -0.3 is 4.74 Å². The average molecular weight is 254 g/mol. The van der Waals surface area contributed by atoms with Gasteiger partial charge in [0.05, 0.1) is 23.9 Å². The Bertz CT molecular complexity index is 376. The Morgan fingerprint density at radius 1 is 1.71 bits per heavy atom. The maximum absolute atomic E-state index is 11.4. The molecular formula is C12H18N2O2S. The molecule has 0 aliphatic rings. The molecule has 0 amide bonds. The number of nitrogens with zero attached hydrogens (tertiary/aromatic N) is 2. The molecule has 0 spiro atoms. The quantitative estimate of drug-likeness (QED) is 0.551. The zero-order valence-corrected chi connectivity index (χ0v) is 11.1. The molecule has 0 aliphatic carbocycles. The van der Waals surface area contributed by atoms with Crippen molar-refractivity contribution in [2.75, 3.05) is 19.7 Å². The van der Waals surface area contributed by atoms with E-state index >= 15 is 0 Å². The van der Waals surface area contributed by atoms with Gasteiger partial charge in [-0.1, -0.05) is 6.08 Å². The van der Waals surface area contributed by atoms with Crippen LogP contribution in [0.25, 0.3) is 0 Å². The molecule has 1 aromatic heterocycles. The van der Waals surface area contributed by atoms with Gasteiger partial charge in [-0.25, -0.2) is 4.98 Å². The summed E-state index contributed by atoms with van der Waals surface area (Å²) in [5.41, 5.74) is 0.985. The lowest BCUT2D eigenvalue weighted by Crippen LogP contribution is -2.31. The second kappa shape index (κ2) is 7.19. The number of thiazole rings is 1. The lowest BCUT2D eigenvalue weighted by molar-refractivity contribution is -0.144. The fourth-order valence-corrected chi connectivity index (χ4v) is 2.07. The van der Waals surface area contributed by atoms with Crippen molar-refractivity contribution in [2.45, 2.75) is 20.4 Å². The molecule has 17 heavy (non-hydrogen) atoms. The van der Waals surface area contributed by atoms with Gasteiger partial charge in [-0.3, -0.25) is 9.69 Å². The predicted molar refractivity (Wildman–Crippen MR) is 69.0 cm³/mol. The molecule has 4 nitrogen and oxygen atoms in total. The molecule has 5 heteroatoms. The predicted octanol–water partition coefficient (Wildman–Crippen LogP) is 2.00. The van der Waals surface area contributed by atoms with Gasteiger partial charge in [0.15, 0.2) is 0 Å². The van der Waals surface area contributed by atoms with E-state index in [9.17, 15) is 4.79 Å². The van der Waals surface area contributed by atoms with Crippen molar-refractivity contribution in [1.29, 1.82) is 0 Å². The van der Waals surface area contributed by atoms with E-state index in [1.54, 1.807) is 24.3 Å². The third-order valence-corrected chi connectivity index (χ3v) is 2.92. The highest BCUT2D eigenvalue weighted by molar-refractivity contribution is 7.09. The van der Waals surface area contributed by atoms with E-state index in [1.807, 2.05) is 17.2 Å². The summed E-state index contributed by atoms with van der Waals surface area (Å²) in [6, 6.07) is 0. The van der Waals surface area contributed by atoms with Crippen LogP contribution in [0.1, 0.15) is 17.6 Å². The van der Waals surface area contributed by atoms with E-state index in [2.05, 4.69) is 11.6 Å². The molecule has 94 valence electrons. The second-order valence-electron chi connectivity index (χ2n) is 3.62. The van der Waals surface area contributed by atoms with E-state index in [-0.39, 0.29) is 12.5 Å². The van der Waals surface area contributed by atoms with E-state index in [0.717, 1.165) is 10.7 Å². The smallest absolute Gasteiger partial charge is 0.320 e. The van der Waals surface area contributed by atoms with Gasteiger partial charge in [0.2, 0.25) is 0 Å². The van der Waals surface area contributed by atoms with Gasteiger partial charge >= 0.3 is 5.97 Å². The first-order valence-corrected chi connectivity index (χ1v) is 6.43. The maximum atomic E-state index is 11.4. The van der Waals surface area contributed by atoms with Crippen molar-refractivity contribution in [2.24, 2.45) is 0 Å². The van der Waals surface area contributed by atoms with Crippen LogP contribution in [0.5, 0.6) is 0 Å². The summed E-state index contributed by atoms with van der Waals surface area (Å²) in [6.45, 7) is 9.45. The molecule has 0 fully saturated rings. The number of carbonyl (C=O) groups excluding carboxylic acids is 1. The minimum absolute atomic E-state index is 0.207. The number of aryl methyl sites for hydroxylation is 1. The minimum Gasteiger partial charge on any atom is -0.465 e. The number of hydrogen-bond donors (Lipinski definition) is 0. The molecule has 0 unspecified atom stereocenters. The molecule has 1 aromatic rings. The van der Waals surface area contributed by atoms with E-state index in [4.69, 9.17) is 4.74 Å². The Morgan fingerprint density at radius 2 is 2.47 bits per heavy atom. The van der Waals surface area contributed by atoms with Gasteiger partial charge in [-0.15, -0.1) is 17.9 Å². The van der Waals surface area contributed by atoms with Crippen LogP contribution in [0.3, 0.4) is 0 Å². The molecule has 1 rings (SSSR count). The van der Waals surface area contributed by atoms with Crippen molar-refractivity contribution in [3.05, 3.63) is 28.7 Å². The third-order valence-electron chi connectivity index (χ3n) is 2.10. The molecule has 0 aromatic carbocycles. The van der Waals surface area contributed by atoms with E-state index in [1.165, 1.54) is 0 Å². The third kappa shape index (κ3) is 5.10. The SMILES string of the molecule is C=CCN(CC(=O)OCC)Cc1csc(C)n1. The first kappa shape index (κ1) is 13.9. The highest BCUT2D eigenvalue weighted by atomic mass is 32.1. The number of rotatable bonds is 7. The van der Waals surface area contributed by atoms with Crippen molar-refractivity contribution in [1.82, 2.24) is 9.88 Å². The fourth-order valence-electron chi connectivity index (χ4n) is 1.47. The number of esters is 1. The molecule has 0 bridgehead atoms. The molecular weight excluding hydrogens is 236 g/mol. The summed E-state index contributed by atoms with van der Waals surface area (Å²) in [7, 11) is 0. The molecule has 0 N–H and O–H groups in total. The second-order valence-corrected chi connectivity index (χ2v) is 4.68. The van der Waals surface area contributed by atoms with Gasteiger partial charge in [-0.05, 0) is 13.8 Å². The van der Waals surface area contributed by atoms with Crippen molar-refractivity contribution < 1.29 is 9.53 Å². The van der Waals surface area contributed by atoms with Crippen LogP contribution in [-0.4, -0.2) is 35.5 Å². The summed E-state index contributed by atoms with van der Waals surface area (Å²) >= 11 is 1.61. The van der Waals surface area contributed by atoms with Crippen molar-refractivity contribution >= 4 is 17.3 Å². The fraction of sp³-hybridized carbons (Fsp3) is 0.500. The van der Waals surface area contributed by atoms with Crippen LogP contribution in [0.15, 0.2) is 18.0 Å². The molecule has 0 aliphatic heterocycles. The molecule has 0 atom stereocenters. The number of ether oxygens (including phenoxy) is 1. The Morgan fingerprint density at radius 3 is 3.00 bits per heavy atom. The number of carbonyl (C=O) groups is 1. The monoisotopic (exact) mass is 254 g/mol. The van der Waals surface area contributed by atoms with Gasteiger partial charge in [0.25, 0.3) is 0 Å². The molecule has 0 saturated heterocycles. The zero-order valence-electron chi connectivity index (χ0n) is 10.3. The van der Waals surface area contributed by atoms with Crippen molar-refractivity contribution in [3.63, 3.8) is 0 Å². The van der Waals surface area contributed by atoms with Gasteiger partial charge in [0.1, 0.15) is 0 Å². The Labute approximate surface area is 106 Å². The zero-order chi connectivity index (χ0) is 12.7. The first-order valence-electron chi connectivity index (χ1n) is 5.55. The lowest BCUT2D eigenvalue weighted by atomic mass is 10.4. The Kier molecular flexibility index (Phi) is 5.86. The molecule has 0 radical (unpaired) electrons. The van der Waals surface area contributed by atoms with Crippen LogP contribution in [-0.2, 0) is 16.1 Å². The first-order chi connectivity index (χ1) is 8.15. The highest BCUT2D eigenvalue weighted by Crippen LogP contribution is 2.10. The lowest BCUT2D eigenvalue weighted by Gasteiger charge is -2.18. The summed E-state index contributed by atoms with van der Waals surface area (Å²) < 4.78 is 4.93. The largest absolute Gasteiger partial charge is 0.465 e. The van der Waals surface area contributed by atoms with Crippen LogP contribution < -0.4 is 0 Å². The van der Waals surface area contributed by atoms with Crippen molar-refractivity contribution in [3.8, 4) is 0 Å². The van der Waals surface area contributed by atoms with Crippen LogP contribution in [0.2, 0.25) is 0 Å².